The van der Waals surface area contributed by atoms with Crippen LogP contribution < -0.4 is 30.6 Å². The first-order chi connectivity index (χ1) is 5.20. The van der Waals surface area contributed by atoms with Crippen LogP contribution in [0, 0.1) is 0 Å². The molecule has 0 radical (unpaired) electrons. The monoisotopic (exact) mass is 278 g/mol. The van der Waals surface area contributed by atoms with Crippen LogP contribution in [0.4, 0.5) is 14.4 Å². The van der Waals surface area contributed by atoms with Gasteiger partial charge in [0.05, 0.1) is 0 Å². The fourth-order valence-electron chi connectivity index (χ4n) is 0. The molecule has 0 saturated carbocycles. The number of carboxylic acid groups (broad SMARTS) is 6. The fraction of sp³-hybridized carbons (Fsp3) is 0. The topological polar surface area (TPSA) is 190 Å². The van der Waals surface area contributed by atoms with Crippen LogP contribution in [0.3, 0.4) is 0 Å². The Morgan fingerprint density at radius 3 is 0.538 bits per heavy atom. The van der Waals surface area contributed by atoms with Gasteiger partial charge in [0.1, 0.15) is 0 Å². The van der Waals surface area contributed by atoms with Gasteiger partial charge in [-0.25, -0.2) is 0 Å². The molecule has 13 heavy (non-hydrogen) atoms. The molecule has 0 aromatic carbocycles. The van der Waals surface area contributed by atoms with Gasteiger partial charge in [-0.2, -0.15) is 0 Å². The first-order valence-electron chi connectivity index (χ1n) is 1.84. The van der Waals surface area contributed by atoms with Gasteiger partial charge >= 0.3 is 21.1 Å². The van der Waals surface area contributed by atoms with E-state index < -0.39 is 18.5 Å². The molecule has 0 aliphatic carbocycles. The predicted molar refractivity (Wildman–Crippen MR) is 16.2 cm³/mol. The molecule has 0 atom stereocenters. The van der Waals surface area contributed by atoms with E-state index in [-0.39, 0.29) is 21.1 Å². The molecule has 0 heterocycles. The Balaban J connectivity index is -0.0000000450. The Labute approximate surface area is 85.1 Å². The summed E-state index contributed by atoms with van der Waals surface area (Å²) in [4.78, 5) is 25.0. The molecule has 0 aliphatic heterocycles. The van der Waals surface area contributed by atoms with Crippen molar-refractivity contribution in [3.8, 4) is 0 Å². The third-order valence-corrected chi connectivity index (χ3v) is 0. The second-order valence-corrected chi connectivity index (χ2v) is 0.750. The van der Waals surface area contributed by atoms with E-state index in [1.54, 1.807) is 0 Å². The number of carbonyl (C=O) groups excluding carboxylic acids is 3. The summed E-state index contributed by atoms with van der Waals surface area (Å²) in [6, 6.07) is 0. The van der Waals surface area contributed by atoms with Crippen molar-refractivity contribution in [2.75, 3.05) is 0 Å². The summed E-state index contributed by atoms with van der Waals surface area (Å²) < 4.78 is 0. The summed E-state index contributed by atoms with van der Waals surface area (Å²) in [5.74, 6) is 0. The molecule has 0 aromatic heterocycles. The first kappa shape index (κ1) is 22.5. The summed E-state index contributed by atoms with van der Waals surface area (Å²) in [5, 5.41) is 50.0. The average Bonchev–Trinajstić information content (AvgIpc) is 1.54. The van der Waals surface area contributed by atoms with Gasteiger partial charge < -0.3 is 45.0 Å². The molecule has 9 nitrogen and oxygen atoms in total. The maximum Gasteiger partial charge on any atom is 6.00 e. The van der Waals surface area contributed by atoms with Crippen LogP contribution in [0.25, 0.3) is 0 Å². The molecule has 0 bridgehead atoms. The standard InChI is InChI=1S/3CH2O3.Mo/c3*2-1(3)4;/h3*(H2,2,3,4);/q;;;+6/p-6. The zero-order valence-electron chi connectivity index (χ0n) is 5.58. The van der Waals surface area contributed by atoms with E-state index in [4.69, 9.17) is 45.0 Å². The normalized spacial score (nSPS) is 5.54. The minimum atomic E-state index is -2.33. The predicted octanol–water partition coefficient (Wildman–Crippen LogP) is -7.34. The van der Waals surface area contributed by atoms with E-state index in [2.05, 4.69) is 0 Å². The van der Waals surface area contributed by atoms with Crippen LogP contribution >= 0.6 is 0 Å². The minimum absolute atomic E-state index is 0. The van der Waals surface area contributed by atoms with E-state index in [9.17, 15) is 0 Å². The van der Waals surface area contributed by atoms with Crippen LogP contribution in [0.1, 0.15) is 0 Å². The van der Waals surface area contributed by atoms with E-state index in [0.29, 0.717) is 0 Å². The average molecular weight is 276 g/mol. The van der Waals surface area contributed by atoms with Crippen molar-refractivity contribution >= 4 is 18.5 Å². The minimum Gasteiger partial charge on any atom is -0.652 e. The van der Waals surface area contributed by atoms with Gasteiger partial charge in [-0.05, 0) is 18.5 Å². The third-order valence-electron chi connectivity index (χ3n) is 0. The molecule has 0 amide bonds. The largest absolute Gasteiger partial charge is 6.00 e. The van der Waals surface area contributed by atoms with Gasteiger partial charge in [0.15, 0.2) is 0 Å². The van der Waals surface area contributed by atoms with Gasteiger partial charge in [-0.1, -0.05) is 0 Å². The van der Waals surface area contributed by atoms with Gasteiger partial charge in [-0.3, -0.25) is 0 Å². The van der Waals surface area contributed by atoms with Crippen molar-refractivity contribution in [1.82, 2.24) is 0 Å². The number of rotatable bonds is 0. The molecule has 72 valence electrons. The molecular weight excluding hydrogens is 276 g/mol. The Morgan fingerprint density at radius 1 is 0.538 bits per heavy atom. The number of carbonyl (C=O) groups is 3. The van der Waals surface area contributed by atoms with Crippen molar-refractivity contribution < 1.29 is 66.1 Å². The third kappa shape index (κ3) is 336. The fourth-order valence-corrected chi connectivity index (χ4v) is 0. The van der Waals surface area contributed by atoms with Gasteiger partial charge in [-0.15, -0.1) is 0 Å². The molecule has 0 spiro atoms. The summed E-state index contributed by atoms with van der Waals surface area (Å²) in [6.07, 6.45) is -7.00. The maximum absolute atomic E-state index is 8.33. The Hall–Kier alpha value is -1.50. The molecule has 0 rings (SSSR count). The van der Waals surface area contributed by atoms with Crippen LogP contribution in [0.5, 0.6) is 0 Å². The second kappa shape index (κ2) is 16.8. The Kier molecular flexibility index (Phi) is 29.2. The van der Waals surface area contributed by atoms with Crippen molar-refractivity contribution in [1.29, 1.82) is 0 Å². The molecule has 0 N–H and O–H groups in total. The summed E-state index contributed by atoms with van der Waals surface area (Å²) in [5.41, 5.74) is 0. The van der Waals surface area contributed by atoms with Crippen molar-refractivity contribution in [2.24, 2.45) is 0 Å². The Morgan fingerprint density at radius 2 is 0.538 bits per heavy atom. The number of hydrogen-bond acceptors (Lipinski definition) is 9. The summed E-state index contributed by atoms with van der Waals surface area (Å²) >= 11 is 0. The van der Waals surface area contributed by atoms with Crippen molar-refractivity contribution in [3.63, 3.8) is 0 Å². The molecule has 0 aromatic rings. The first-order valence-corrected chi connectivity index (χ1v) is 1.84. The maximum atomic E-state index is 8.33. The van der Waals surface area contributed by atoms with Gasteiger partial charge in [0, 0.05) is 0 Å². The number of hydrogen-bond donors (Lipinski definition) is 0. The quantitative estimate of drug-likeness (QED) is 0.386. The van der Waals surface area contributed by atoms with Gasteiger partial charge in [0.2, 0.25) is 0 Å². The zero-order valence-corrected chi connectivity index (χ0v) is 7.59. The SMILES string of the molecule is O=C([O-])[O-].O=C([O-])[O-].O=C([O-])[O-].[Mo+6]. The Bertz CT molecular complexity index is 112. The smallest absolute Gasteiger partial charge is 0.652 e. The van der Waals surface area contributed by atoms with Crippen molar-refractivity contribution in [2.45, 2.75) is 0 Å². The molecule has 0 aliphatic rings. The summed E-state index contributed by atoms with van der Waals surface area (Å²) in [7, 11) is 0. The van der Waals surface area contributed by atoms with Gasteiger partial charge in [0.25, 0.3) is 0 Å². The second-order valence-electron chi connectivity index (χ2n) is 0.750. The van der Waals surface area contributed by atoms with E-state index in [1.807, 2.05) is 0 Å². The molecule has 10 heteroatoms. The molecule has 0 saturated heterocycles. The molecule has 0 fully saturated rings. The van der Waals surface area contributed by atoms with Crippen LogP contribution in [-0.2, 0) is 21.1 Å². The molecular formula is C3MoO9. The van der Waals surface area contributed by atoms with Crippen LogP contribution in [-0.4, -0.2) is 18.5 Å². The zero-order chi connectivity index (χ0) is 10.7. The summed E-state index contributed by atoms with van der Waals surface area (Å²) in [6.45, 7) is 0. The van der Waals surface area contributed by atoms with E-state index >= 15 is 0 Å². The van der Waals surface area contributed by atoms with Crippen LogP contribution in [0.15, 0.2) is 0 Å². The van der Waals surface area contributed by atoms with Crippen molar-refractivity contribution in [3.05, 3.63) is 0 Å². The van der Waals surface area contributed by atoms with E-state index in [0.717, 1.165) is 0 Å². The molecule has 0 unspecified atom stereocenters. The van der Waals surface area contributed by atoms with E-state index in [1.165, 1.54) is 0 Å². The van der Waals surface area contributed by atoms with Crippen LogP contribution in [0.2, 0.25) is 0 Å².